The summed E-state index contributed by atoms with van der Waals surface area (Å²) in [4.78, 5) is 27.4. The molecule has 0 saturated heterocycles. The molecule has 1 heterocycles. The van der Waals surface area contributed by atoms with Crippen molar-refractivity contribution in [3.05, 3.63) is 48.5 Å². The van der Waals surface area contributed by atoms with Crippen LogP contribution < -0.4 is 4.74 Å². The quantitative estimate of drug-likeness (QED) is 0.774. The Labute approximate surface area is 146 Å². The van der Waals surface area contributed by atoms with E-state index in [1.54, 1.807) is 24.3 Å². The van der Waals surface area contributed by atoms with Crippen molar-refractivity contribution in [3.8, 4) is 5.75 Å². The van der Waals surface area contributed by atoms with Crippen molar-refractivity contribution < 1.29 is 23.8 Å². The van der Waals surface area contributed by atoms with Gasteiger partial charge in [-0.25, -0.2) is 19.1 Å². The van der Waals surface area contributed by atoms with Crippen molar-refractivity contribution in [2.45, 2.75) is 26.9 Å². The molecular formula is C18H22N2O5. The predicted octanol–water partition coefficient (Wildman–Crippen LogP) is 3.15. The fraction of sp³-hybridized carbons (Fsp3) is 0.389. The van der Waals surface area contributed by atoms with Gasteiger partial charge in [-0.3, -0.25) is 0 Å². The molecule has 7 heteroatoms. The number of nitrogens with zero attached hydrogens (tertiary/aromatic N) is 2. The maximum Gasteiger partial charge on any atom is 0.419 e. The maximum atomic E-state index is 12.1. The van der Waals surface area contributed by atoms with Gasteiger partial charge in [-0.05, 0) is 24.3 Å². The van der Waals surface area contributed by atoms with Gasteiger partial charge in [0, 0.05) is 17.8 Å². The summed E-state index contributed by atoms with van der Waals surface area (Å²) in [5, 5.41) is 0. The molecule has 0 aliphatic rings. The second kappa shape index (κ2) is 7.83. The lowest BCUT2D eigenvalue weighted by molar-refractivity contribution is 0.00208. The van der Waals surface area contributed by atoms with E-state index in [0.29, 0.717) is 11.3 Å². The summed E-state index contributed by atoms with van der Waals surface area (Å²) >= 11 is 0. The maximum absolute atomic E-state index is 12.1. The monoisotopic (exact) mass is 346 g/mol. The Kier molecular flexibility index (Phi) is 5.80. The molecule has 2 rings (SSSR count). The second-order valence-electron chi connectivity index (χ2n) is 6.54. The highest BCUT2D eigenvalue weighted by atomic mass is 16.6. The van der Waals surface area contributed by atoms with Crippen LogP contribution in [0.25, 0.3) is 0 Å². The SMILES string of the molecule is COC(=O)c1ccc(OCC(OC(=O)n2ccnc2)C(C)(C)C)cc1. The lowest BCUT2D eigenvalue weighted by atomic mass is 9.89. The molecule has 1 aromatic heterocycles. The van der Waals surface area contributed by atoms with Crippen LogP contribution in [0.4, 0.5) is 4.79 Å². The lowest BCUT2D eigenvalue weighted by Crippen LogP contribution is -2.37. The zero-order valence-electron chi connectivity index (χ0n) is 14.8. The number of imidazole rings is 1. The predicted molar refractivity (Wildman–Crippen MR) is 90.6 cm³/mol. The van der Waals surface area contributed by atoms with Crippen molar-refractivity contribution in [3.63, 3.8) is 0 Å². The topological polar surface area (TPSA) is 79.7 Å². The van der Waals surface area contributed by atoms with Gasteiger partial charge in [-0.1, -0.05) is 20.8 Å². The second-order valence-corrected chi connectivity index (χ2v) is 6.54. The zero-order chi connectivity index (χ0) is 18.4. The Morgan fingerprint density at radius 3 is 2.40 bits per heavy atom. The van der Waals surface area contributed by atoms with E-state index in [9.17, 15) is 9.59 Å². The molecule has 0 aliphatic heterocycles. The number of carbonyl (C=O) groups is 2. The number of methoxy groups -OCH3 is 1. The smallest absolute Gasteiger partial charge is 0.419 e. The van der Waals surface area contributed by atoms with Crippen molar-refractivity contribution in [1.82, 2.24) is 9.55 Å². The van der Waals surface area contributed by atoms with E-state index < -0.39 is 18.2 Å². The molecule has 0 aliphatic carbocycles. The molecule has 1 unspecified atom stereocenters. The average molecular weight is 346 g/mol. The van der Waals surface area contributed by atoms with Crippen LogP contribution in [0.2, 0.25) is 0 Å². The van der Waals surface area contributed by atoms with E-state index in [-0.39, 0.29) is 12.0 Å². The number of benzene rings is 1. The molecule has 0 saturated carbocycles. The fourth-order valence-corrected chi connectivity index (χ4v) is 1.99. The van der Waals surface area contributed by atoms with Gasteiger partial charge in [0.1, 0.15) is 24.8 Å². The molecular weight excluding hydrogens is 324 g/mol. The van der Waals surface area contributed by atoms with Crippen molar-refractivity contribution in [2.75, 3.05) is 13.7 Å². The van der Waals surface area contributed by atoms with Gasteiger partial charge >= 0.3 is 12.1 Å². The van der Waals surface area contributed by atoms with Crippen LogP contribution in [0.3, 0.4) is 0 Å². The number of rotatable bonds is 5. The van der Waals surface area contributed by atoms with E-state index in [2.05, 4.69) is 9.72 Å². The van der Waals surface area contributed by atoms with Crippen LogP contribution >= 0.6 is 0 Å². The third kappa shape index (κ3) is 5.07. The Morgan fingerprint density at radius 2 is 1.88 bits per heavy atom. The Hall–Kier alpha value is -2.83. The lowest BCUT2D eigenvalue weighted by Gasteiger charge is -2.30. The van der Waals surface area contributed by atoms with E-state index >= 15 is 0 Å². The van der Waals surface area contributed by atoms with Crippen molar-refractivity contribution >= 4 is 12.1 Å². The molecule has 134 valence electrons. The van der Waals surface area contributed by atoms with Crippen molar-refractivity contribution in [1.29, 1.82) is 0 Å². The summed E-state index contributed by atoms with van der Waals surface area (Å²) in [5.41, 5.74) is 0.121. The summed E-state index contributed by atoms with van der Waals surface area (Å²) < 4.78 is 17.2. The summed E-state index contributed by atoms with van der Waals surface area (Å²) in [7, 11) is 1.33. The minimum Gasteiger partial charge on any atom is -0.490 e. The molecule has 1 aromatic carbocycles. The molecule has 2 aromatic rings. The first-order valence-corrected chi connectivity index (χ1v) is 7.81. The number of aromatic nitrogens is 2. The van der Waals surface area contributed by atoms with Crippen LogP contribution in [-0.4, -0.2) is 41.4 Å². The van der Waals surface area contributed by atoms with Crippen LogP contribution in [0, 0.1) is 5.41 Å². The molecule has 25 heavy (non-hydrogen) atoms. The van der Waals surface area contributed by atoms with E-state index in [4.69, 9.17) is 9.47 Å². The van der Waals surface area contributed by atoms with Crippen molar-refractivity contribution in [2.24, 2.45) is 5.41 Å². The molecule has 0 fully saturated rings. The van der Waals surface area contributed by atoms with Crippen LogP contribution in [-0.2, 0) is 9.47 Å². The van der Waals surface area contributed by atoms with E-state index in [1.165, 1.54) is 30.4 Å². The minimum atomic E-state index is -0.512. The minimum absolute atomic E-state index is 0.182. The van der Waals surface area contributed by atoms with E-state index in [1.807, 2.05) is 20.8 Å². The van der Waals surface area contributed by atoms with Gasteiger partial charge in [0.15, 0.2) is 0 Å². The first kappa shape index (κ1) is 18.5. The third-order valence-corrected chi connectivity index (χ3v) is 3.60. The molecule has 0 bridgehead atoms. The Balaban J connectivity index is 2.00. The van der Waals surface area contributed by atoms with E-state index in [0.717, 1.165) is 0 Å². The summed E-state index contributed by atoms with van der Waals surface area (Å²) in [6, 6.07) is 6.57. The number of ether oxygens (including phenoxy) is 3. The normalized spacial score (nSPS) is 12.3. The van der Waals surface area contributed by atoms with Crippen LogP contribution in [0.5, 0.6) is 5.75 Å². The summed E-state index contributed by atoms with van der Waals surface area (Å²) in [5.74, 6) is 0.161. The zero-order valence-corrected chi connectivity index (χ0v) is 14.8. The Morgan fingerprint density at radius 1 is 1.20 bits per heavy atom. The number of hydrogen-bond acceptors (Lipinski definition) is 6. The fourth-order valence-electron chi connectivity index (χ4n) is 1.99. The third-order valence-electron chi connectivity index (χ3n) is 3.60. The van der Waals surface area contributed by atoms with Gasteiger partial charge in [-0.2, -0.15) is 0 Å². The standard InChI is InChI=1S/C18H22N2O5/c1-18(2,3)15(25-17(22)20-10-9-19-12-20)11-24-14-7-5-13(6-8-14)16(21)23-4/h5-10,12,15H,11H2,1-4H3. The molecule has 0 spiro atoms. The molecule has 0 radical (unpaired) electrons. The largest absolute Gasteiger partial charge is 0.490 e. The highest BCUT2D eigenvalue weighted by Crippen LogP contribution is 2.24. The average Bonchev–Trinajstić information content (AvgIpc) is 3.12. The highest BCUT2D eigenvalue weighted by Gasteiger charge is 2.29. The number of carbonyl (C=O) groups excluding carboxylic acids is 2. The summed E-state index contributed by atoms with van der Waals surface area (Å²) in [6.07, 6.45) is 3.43. The van der Waals surface area contributed by atoms with Gasteiger partial charge in [0.05, 0.1) is 12.7 Å². The van der Waals surface area contributed by atoms with Crippen LogP contribution in [0.15, 0.2) is 43.0 Å². The summed E-state index contributed by atoms with van der Waals surface area (Å²) in [6.45, 7) is 6.06. The van der Waals surface area contributed by atoms with Gasteiger partial charge in [-0.15, -0.1) is 0 Å². The molecule has 1 atom stereocenters. The van der Waals surface area contributed by atoms with Gasteiger partial charge in [0.2, 0.25) is 0 Å². The molecule has 7 nitrogen and oxygen atoms in total. The molecule has 0 N–H and O–H groups in total. The Bertz CT molecular complexity index is 702. The first-order chi connectivity index (χ1) is 11.8. The van der Waals surface area contributed by atoms with Crippen LogP contribution in [0.1, 0.15) is 31.1 Å². The number of hydrogen-bond donors (Lipinski definition) is 0. The highest BCUT2D eigenvalue weighted by molar-refractivity contribution is 5.89. The number of esters is 1. The molecule has 0 amide bonds. The van der Waals surface area contributed by atoms with Gasteiger partial charge < -0.3 is 14.2 Å². The first-order valence-electron chi connectivity index (χ1n) is 7.81. The van der Waals surface area contributed by atoms with Gasteiger partial charge in [0.25, 0.3) is 0 Å².